The maximum Gasteiger partial charge on any atom is 0.328 e. The molecule has 1 saturated heterocycles. The van der Waals surface area contributed by atoms with Gasteiger partial charge in [-0.25, -0.2) is 4.79 Å². The van der Waals surface area contributed by atoms with E-state index in [0.717, 1.165) is 12.0 Å². The van der Waals surface area contributed by atoms with Gasteiger partial charge in [-0.15, -0.1) is 6.58 Å². The molecule has 1 N–H and O–H groups in total. The number of hydrogen-bond donors (Lipinski definition) is 1. The van der Waals surface area contributed by atoms with Crippen LogP contribution >= 0.6 is 0 Å². The van der Waals surface area contributed by atoms with Gasteiger partial charge in [0.15, 0.2) is 6.29 Å². The Labute approximate surface area is 115 Å². The van der Waals surface area contributed by atoms with E-state index in [0.29, 0.717) is 13.2 Å². The highest BCUT2D eigenvalue weighted by atomic mass is 16.7. The van der Waals surface area contributed by atoms with Crippen LogP contribution in [-0.2, 0) is 9.47 Å². The van der Waals surface area contributed by atoms with Crippen LogP contribution in [0.25, 0.3) is 0 Å². The normalized spacial score (nSPS) is 28.2. The van der Waals surface area contributed by atoms with Crippen LogP contribution in [0.3, 0.4) is 0 Å². The highest BCUT2D eigenvalue weighted by Gasteiger charge is 2.38. The van der Waals surface area contributed by atoms with Gasteiger partial charge >= 0.3 is 5.69 Å². The first-order valence-electron chi connectivity index (χ1n) is 6.56. The van der Waals surface area contributed by atoms with Crippen LogP contribution < -0.4 is 11.2 Å². The van der Waals surface area contributed by atoms with Gasteiger partial charge in [-0.3, -0.25) is 14.3 Å². The number of H-pyrrole nitrogens is 1. The summed E-state index contributed by atoms with van der Waals surface area (Å²) < 4.78 is 12.7. The molecule has 2 aliphatic rings. The number of nitrogens with zero attached hydrogens (tertiary/aromatic N) is 1. The molecule has 0 saturated carbocycles. The molecule has 0 radical (unpaired) electrons. The molecule has 0 spiro atoms. The van der Waals surface area contributed by atoms with Gasteiger partial charge in [0.25, 0.3) is 5.56 Å². The van der Waals surface area contributed by atoms with Gasteiger partial charge in [-0.05, 0) is 12.0 Å². The van der Waals surface area contributed by atoms with Gasteiger partial charge in [0.2, 0.25) is 0 Å². The molecule has 1 aromatic heterocycles. The van der Waals surface area contributed by atoms with E-state index in [4.69, 9.17) is 9.47 Å². The molecule has 3 rings (SSSR count). The van der Waals surface area contributed by atoms with Crippen LogP contribution in [0.2, 0.25) is 0 Å². The van der Waals surface area contributed by atoms with E-state index in [2.05, 4.69) is 11.6 Å². The van der Waals surface area contributed by atoms with E-state index < -0.39 is 0 Å². The largest absolute Gasteiger partial charge is 0.348 e. The topological polar surface area (TPSA) is 73.3 Å². The standard InChI is InChI=1S/C14H16N2O4/c1-2-5-19-13-11-7-10(6-9(11)8-20-13)16-4-3-12(17)15-14(16)18/h2-4,7,9-10,13H,1,5-6,8H2,(H,15,17,18)/t9-,10-,13-/m1/s1. The highest BCUT2D eigenvalue weighted by Crippen LogP contribution is 2.40. The number of aromatic amines is 1. The fourth-order valence-corrected chi connectivity index (χ4v) is 2.77. The summed E-state index contributed by atoms with van der Waals surface area (Å²) in [6.07, 6.45) is 5.66. The Kier molecular flexibility index (Phi) is 3.42. The highest BCUT2D eigenvalue weighted by molar-refractivity contribution is 5.23. The molecule has 0 unspecified atom stereocenters. The summed E-state index contributed by atoms with van der Waals surface area (Å²) in [7, 11) is 0. The lowest BCUT2D eigenvalue weighted by Crippen LogP contribution is -2.30. The maximum atomic E-state index is 11.8. The van der Waals surface area contributed by atoms with E-state index >= 15 is 0 Å². The van der Waals surface area contributed by atoms with Gasteiger partial charge in [-0.2, -0.15) is 0 Å². The van der Waals surface area contributed by atoms with Crippen LogP contribution in [0.4, 0.5) is 0 Å². The second kappa shape index (κ2) is 5.22. The molecule has 0 aromatic carbocycles. The van der Waals surface area contributed by atoms with Gasteiger partial charge in [0.05, 0.1) is 19.3 Å². The van der Waals surface area contributed by atoms with Gasteiger partial charge in [0, 0.05) is 18.2 Å². The molecule has 1 aromatic rings. The van der Waals surface area contributed by atoms with Crippen LogP contribution in [0.5, 0.6) is 0 Å². The summed E-state index contributed by atoms with van der Waals surface area (Å²) in [4.78, 5) is 25.2. The quantitative estimate of drug-likeness (QED) is 0.817. The Hall–Kier alpha value is -1.92. The second-order valence-electron chi connectivity index (χ2n) is 4.97. The summed E-state index contributed by atoms with van der Waals surface area (Å²) in [6, 6.07) is 1.30. The first-order valence-corrected chi connectivity index (χ1v) is 6.56. The molecule has 3 atom stereocenters. The van der Waals surface area contributed by atoms with Crippen molar-refractivity contribution in [3.05, 3.63) is 57.4 Å². The third-order valence-electron chi connectivity index (χ3n) is 3.68. The van der Waals surface area contributed by atoms with Crippen molar-refractivity contribution in [3.63, 3.8) is 0 Å². The third-order valence-corrected chi connectivity index (χ3v) is 3.68. The van der Waals surface area contributed by atoms with Crippen molar-refractivity contribution in [1.29, 1.82) is 0 Å². The average Bonchev–Trinajstić information content (AvgIpc) is 2.97. The minimum Gasteiger partial charge on any atom is -0.348 e. The van der Waals surface area contributed by atoms with Crippen molar-refractivity contribution in [3.8, 4) is 0 Å². The molecule has 20 heavy (non-hydrogen) atoms. The number of fused-ring (bicyclic) bond motifs is 1. The fourth-order valence-electron chi connectivity index (χ4n) is 2.77. The molecule has 1 aliphatic carbocycles. The van der Waals surface area contributed by atoms with Gasteiger partial charge < -0.3 is 9.47 Å². The predicted octanol–water partition coefficient (Wildman–Crippen LogP) is 0.583. The second-order valence-corrected chi connectivity index (χ2v) is 4.97. The van der Waals surface area contributed by atoms with Crippen LogP contribution in [0.1, 0.15) is 12.5 Å². The summed E-state index contributed by atoms with van der Waals surface area (Å²) in [5, 5.41) is 0. The fraction of sp³-hybridized carbons (Fsp3) is 0.429. The number of ether oxygens (including phenoxy) is 2. The zero-order chi connectivity index (χ0) is 14.1. The molecular weight excluding hydrogens is 260 g/mol. The molecule has 6 heteroatoms. The van der Waals surface area contributed by atoms with Crippen molar-refractivity contribution >= 4 is 0 Å². The summed E-state index contributed by atoms with van der Waals surface area (Å²) in [5.41, 5.74) is 0.311. The van der Waals surface area contributed by atoms with Crippen molar-refractivity contribution in [2.45, 2.75) is 18.8 Å². The zero-order valence-electron chi connectivity index (χ0n) is 11.0. The number of nitrogens with one attached hydrogen (secondary N) is 1. The molecule has 1 fully saturated rings. The van der Waals surface area contributed by atoms with Crippen LogP contribution in [0, 0.1) is 5.92 Å². The molecule has 0 bridgehead atoms. The Morgan fingerprint density at radius 3 is 3.15 bits per heavy atom. The summed E-state index contributed by atoms with van der Waals surface area (Å²) in [6.45, 7) is 4.64. The zero-order valence-corrected chi connectivity index (χ0v) is 11.0. The first-order chi connectivity index (χ1) is 9.69. The van der Waals surface area contributed by atoms with Crippen LogP contribution in [0.15, 0.2) is 46.2 Å². The lowest BCUT2D eigenvalue weighted by atomic mass is 10.0. The Bertz CT molecular complexity index is 658. The van der Waals surface area contributed by atoms with E-state index in [1.54, 1.807) is 6.08 Å². The molecular formula is C14H16N2O4. The van der Waals surface area contributed by atoms with E-state index in [1.165, 1.54) is 16.8 Å². The lowest BCUT2D eigenvalue weighted by Gasteiger charge is -2.13. The van der Waals surface area contributed by atoms with Crippen LogP contribution in [-0.4, -0.2) is 29.1 Å². The van der Waals surface area contributed by atoms with E-state index in [-0.39, 0.29) is 29.5 Å². The number of allylic oxidation sites excluding steroid dienone is 1. The molecule has 6 nitrogen and oxygen atoms in total. The molecule has 2 heterocycles. The van der Waals surface area contributed by atoms with Crippen molar-refractivity contribution in [2.24, 2.45) is 5.92 Å². The van der Waals surface area contributed by atoms with E-state index in [9.17, 15) is 9.59 Å². The minimum atomic E-state index is -0.385. The molecule has 1 aliphatic heterocycles. The maximum absolute atomic E-state index is 11.8. The molecule has 0 amide bonds. The first kappa shape index (κ1) is 13.1. The van der Waals surface area contributed by atoms with Gasteiger partial charge in [0.1, 0.15) is 0 Å². The Morgan fingerprint density at radius 1 is 1.55 bits per heavy atom. The average molecular weight is 276 g/mol. The van der Waals surface area contributed by atoms with Gasteiger partial charge in [-0.1, -0.05) is 12.2 Å². The number of hydrogen-bond acceptors (Lipinski definition) is 4. The Balaban J connectivity index is 1.84. The molecule has 106 valence electrons. The SMILES string of the molecule is C=CCO[C@@H]1OC[C@H]2C[C@@H](n3ccc(=O)[nH]c3=O)C=C21. The number of aromatic nitrogens is 2. The summed E-state index contributed by atoms with van der Waals surface area (Å²) >= 11 is 0. The number of rotatable bonds is 4. The lowest BCUT2D eigenvalue weighted by molar-refractivity contribution is -0.0847. The minimum absolute atomic E-state index is 0.0573. The van der Waals surface area contributed by atoms with E-state index in [1.807, 2.05) is 6.08 Å². The summed E-state index contributed by atoms with van der Waals surface area (Å²) in [5.74, 6) is 0.272. The van der Waals surface area contributed by atoms with Crippen molar-refractivity contribution in [1.82, 2.24) is 9.55 Å². The third kappa shape index (κ3) is 2.28. The van der Waals surface area contributed by atoms with Crippen molar-refractivity contribution < 1.29 is 9.47 Å². The van der Waals surface area contributed by atoms with Crippen molar-refractivity contribution in [2.75, 3.05) is 13.2 Å². The monoisotopic (exact) mass is 276 g/mol. The smallest absolute Gasteiger partial charge is 0.328 e. The Morgan fingerprint density at radius 2 is 2.40 bits per heavy atom. The predicted molar refractivity (Wildman–Crippen MR) is 72.4 cm³/mol.